The van der Waals surface area contributed by atoms with Crippen LogP contribution in [-0.2, 0) is 4.79 Å². The molecule has 2 rings (SSSR count). The van der Waals surface area contributed by atoms with Crippen LogP contribution in [0.5, 0.6) is 11.5 Å². The molecule has 0 fully saturated rings. The molecular weight excluding hydrogens is 390 g/mol. The van der Waals surface area contributed by atoms with Gasteiger partial charge in [0, 0.05) is 6.08 Å². The van der Waals surface area contributed by atoms with Gasteiger partial charge in [-0.15, -0.1) is 0 Å². The summed E-state index contributed by atoms with van der Waals surface area (Å²) in [7, 11) is 1.58. The quantitative estimate of drug-likeness (QED) is 0.281. The number of ether oxygens (including phenoxy) is 2. The largest absolute Gasteiger partial charge is 0.497 e. The molecule has 0 atom stereocenters. The second-order valence-electron chi connectivity index (χ2n) is 5.60. The predicted molar refractivity (Wildman–Crippen MR) is 116 cm³/mol. The Hall–Kier alpha value is -3.65. The summed E-state index contributed by atoms with van der Waals surface area (Å²) in [5, 5.41) is 2.39. The molecule has 29 heavy (non-hydrogen) atoms. The summed E-state index contributed by atoms with van der Waals surface area (Å²) in [6, 6.07) is 13.9. The van der Waals surface area contributed by atoms with Gasteiger partial charge in [0.2, 0.25) is 5.91 Å². The number of hydrogen-bond acceptors (Lipinski definition) is 5. The van der Waals surface area contributed by atoms with Crippen molar-refractivity contribution >= 4 is 35.2 Å². The summed E-state index contributed by atoms with van der Waals surface area (Å²) in [6.45, 7) is 3.84. The SMILES string of the molecule is C=CCOc1ccccc1C(=O)NNC(=S)NC(=O)C=Cc1ccc(OC)cc1. The van der Waals surface area contributed by atoms with Gasteiger partial charge in [0.25, 0.3) is 5.91 Å². The molecular formula is C21H21N3O4S. The molecule has 8 heteroatoms. The van der Waals surface area contributed by atoms with Crippen LogP contribution in [0, 0.1) is 0 Å². The molecule has 0 aliphatic rings. The first-order chi connectivity index (χ1) is 14.0. The summed E-state index contributed by atoms with van der Waals surface area (Å²) in [6.07, 6.45) is 4.54. The summed E-state index contributed by atoms with van der Waals surface area (Å²) >= 11 is 5.01. The highest BCUT2D eigenvalue weighted by molar-refractivity contribution is 7.80. The van der Waals surface area contributed by atoms with E-state index in [0.29, 0.717) is 11.3 Å². The van der Waals surface area contributed by atoms with Crippen LogP contribution in [0.25, 0.3) is 6.08 Å². The van der Waals surface area contributed by atoms with E-state index in [4.69, 9.17) is 21.7 Å². The van der Waals surface area contributed by atoms with Crippen LogP contribution in [0.4, 0.5) is 0 Å². The lowest BCUT2D eigenvalue weighted by Crippen LogP contribution is -2.48. The average molecular weight is 411 g/mol. The molecule has 0 saturated heterocycles. The van der Waals surface area contributed by atoms with Crippen molar-refractivity contribution in [1.82, 2.24) is 16.2 Å². The van der Waals surface area contributed by atoms with Crippen LogP contribution in [0.2, 0.25) is 0 Å². The lowest BCUT2D eigenvalue weighted by Gasteiger charge is -2.12. The molecule has 150 valence electrons. The van der Waals surface area contributed by atoms with Gasteiger partial charge in [-0.2, -0.15) is 0 Å². The van der Waals surface area contributed by atoms with Gasteiger partial charge in [-0.3, -0.25) is 25.8 Å². The molecule has 2 aromatic rings. The van der Waals surface area contributed by atoms with Gasteiger partial charge in [0.15, 0.2) is 5.11 Å². The monoisotopic (exact) mass is 411 g/mol. The van der Waals surface area contributed by atoms with E-state index in [0.717, 1.165) is 11.3 Å². The lowest BCUT2D eigenvalue weighted by molar-refractivity contribution is -0.115. The molecule has 0 aliphatic carbocycles. The highest BCUT2D eigenvalue weighted by Crippen LogP contribution is 2.17. The average Bonchev–Trinajstić information content (AvgIpc) is 2.75. The summed E-state index contributed by atoms with van der Waals surface area (Å²) < 4.78 is 10.5. The lowest BCUT2D eigenvalue weighted by atomic mass is 10.2. The van der Waals surface area contributed by atoms with E-state index in [2.05, 4.69) is 22.7 Å². The molecule has 0 unspecified atom stereocenters. The number of hydrogen-bond donors (Lipinski definition) is 3. The van der Waals surface area contributed by atoms with Gasteiger partial charge in [-0.1, -0.05) is 36.9 Å². The summed E-state index contributed by atoms with van der Waals surface area (Å²) in [4.78, 5) is 24.3. The predicted octanol–water partition coefficient (Wildman–Crippen LogP) is 2.61. The maximum Gasteiger partial charge on any atom is 0.273 e. The maximum absolute atomic E-state index is 12.3. The van der Waals surface area contributed by atoms with E-state index in [-0.39, 0.29) is 11.7 Å². The number of methoxy groups -OCH3 is 1. The molecule has 0 saturated carbocycles. The molecule has 0 aliphatic heterocycles. The molecule has 3 N–H and O–H groups in total. The number of hydrazine groups is 1. The zero-order valence-electron chi connectivity index (χ0n) is 15.8. The fourth-order valence-electron chi connectivity index (χ4n) is 2.18. The minimum absolute atomic E-state index is 0.0489. The first-order valence-electron chi connectivity index (χ1n) is 8.59. The van der Waals surface area contributed by atoms with Crippen molar-refractivity contribution in [1.29, 1.82) is 0 Å². The highest BCUT2D eigenvalue weighted by atomic mass is 32.1. The second-order valence-corrected chi connectivity index (χ2v) is 6.01. The third-order valence-electron chi connectivity index (χ3n) is 3.56. The van der Waals surface area contributed by atoms with Crippen LogP contribution in [-0.4, -0.2) is 30.6 Å². The van der Waals surface area contributed by atoms with E-state index in [1.807, 2.05) is 12.1 Å². The van der Waals surface area contributed by atoms with Crippen molar-refractivity contribution in [2.75, 3.05) is 13.7 Å². The Kier molecular flexibility index (Phi) is 8.40. The van der Waals surface area contributed by atoms with E-state index in [1.54, 1.807) is 55.7 Å². The van der Waals surface area contributed by atoms with E-state index < -0.39 is 11.8 Å². The Balaban J connectivity index is 1.84. The summed E-state index contributed by atoms with van der Waals surface area (Å²) in [5.41, 5.74) is 6.04. The maximum atomic E-state index is 12.3. The van der Waals surface area contributed by atoms with Gasteiger partial charge in [-0.05, 0) is 48.1 Å². The molecule has 0 spiro atoms. The van der Waals surface area contributed by atoms with Gasteiger partial charge in [0.1, 0.15) is 18.1 Å². The molecule has 0 aromatic heterocycles. The van der Waals surface area contributed by atoms with Crippen LogP contribution < -0.4 is 25.6 Å². The number of carbonyl (C=O) groups is 2. The number of thiocarbonyl (C=S) groups is 1. The fourth-order valence-corrected chi connectivity index (χ4v) is 2.33. The minimum atomic E-state index is -0.463. The molecule has 2 amide bonds. The topological polar surface area (TPSA) is 88.7 Å². The smallest absolute Gasteiger partial charge is 0.273 e. The molecule has 0 radical (unpaired) electrons. The first kappa shape index (κ1) is 21.6. The van der Waals surface area contributed by atoms with Gasteiger partial charge < -0.3 is 9.47 Å². The van der Waals surface area contributed by atoms with Gasteiger partial charge >= 0.3 is 0 Å². The molecule has 7 nitrogen and oxygen atoms in total. The highest BCUT2D eigenvalue weighted by Gasteiger charge is 2.12. The molecule has 0 bridgehead atoms. The number of para-hydroxylation sites is 1. The van der Waals surface area contributed by atoms with E-state index >= 15 is 0 Å². The Labute approximate surface area is 174 Å². The number of rotatable bonds is 7. The summed E-state index contributed by atoms with van der Waals surface area (Å²) in [5.74, 6) is 0.227. The van der Waals surface area contributed by atoms with Crippen molar-refractivity contribution in [3.8, 4) is 11.5 Å². The normalized spacial score (nSPS) is 10.1. The third-order valence-corrected chi connectivity index (χ3v) is 3.76. The zero-order valence-corrected chi connectivity index (χ0v) is 16.6. The van der Waals surface area contributed by atoms with Crippen molar-refractivity contribution in [2.24, 2.45) is 0 Å². The third kappa shape index (κ3) is 7.11. The number of benzene rings is 2. The molecule has 2 aromatic carbocycles. The minimum Gasteiger partial charge on any atom is -0.497 e. The van der Waals surface area contributed by atoms with Crippen LogP contribution in [0.15, 0.2) is 67.3 Å². The van der Waals surface area contributed by atoms with Crippen LogP contribution in [0.3, 0.4) is 0 Å². The van der Waals surface area contributed by atoms with Crippen molar-refractivity contribution in [3.05, 3.63) is 78.4 Å². The molecule has 0 heterocycles. The first-order valence-corrected chi connectivity index (χ1v) is 9.00. The van der Waals surface area contributed by atoms with Gasteiger partial charge in [0.05, 0.1) is 12.7 Å². The van der Waals surface area contributed by atoms with E-state index in [9.17, 15) is 9.59 Å². The Morgan fingerprint density at radius 3 is 2.52 bits per heavy atom. The van der Waals surface area contributed by atoms with Crippen molar-refractivity contribution in [3.63, 3.8) is 0 Å². The van der Waals surface area contributed by atoms with Crippen molar-refractivity contribution < 1.29 is 19.1 Å². The fraction of sp³-hybridized carbons (Fsp3) is 0.0952. The van der Waals surface area contributed by atoms with E-state index in [1.165, 1.54) is 6.08 Å². The standard InChI is InChI=1S/C21H21N3O4S/c1-3-14-28-18-7-5-4-6-17(18)20(26)23-24-21(29)22-19(25)13-10-15-8-11-16(27-2)12-9-15/h3-13H,1,14H2,2H3,(H,23,26)(H2,22,24,25,29). The number of nitrogens with one attached hydrogen (secondary N) is 3. The van der Waals surface area contributed by atoms with Crippen LogP contribution in [0.1, 0.15) is 15.9 Å². The number of amides is 2. The van der Waals surface area contributed by atoms with Crippen molar-refractivity contribution in [2.45, 2.75) is 0 Å². The number of carbonyl (C=O) groups excluding carboxylic acids is 2. The Morgan fingerprint density at radius 2 is 1.83 bits per heavy atom. The Bertz CT molecular complexity index is 910. The second kappa shape index (κ2) is 11.3. The van der Waals surface area contributed by atoms with Crippen LogP contribution >= 0.6 is 12.2 Å². The zero-order chi connectivity index (χ0) is 21.1. The van der Waals surface area contributed by atoms with Gasteiger partial charge in [-0.25, -0.2) is 0 Å². The Morgan fingerprint density at radius 1 is 1.10 bits per heavy atom.